The summed E-state index contributed by atoms with van der Waals surface area (Å²) >= 11 is 1.59. The molecule has 0 atom stereocenters. The Morgan fingerprint density at radius 3 is 2.57 bits per heavy atom. The molecule has 168 valence electrons. The Morgan fingerprint density at radius 1 is 1.27 bits per heavy atom. The van der Waals surface area contributed by atoms with Crippen molar-refractivity contribution in [2.24, 2.45) is 4.99 Å². The number of aliphatic imine (C=N–C) groups is 1. The Labute approximate surface area is 197 Å². The first-order valence-electron chi connectivity index (χ1n) is 9.31. The number of benzene rings is 1. The number of halogens is 3. The van der Waals surface area contributed by atoms with Crippen LogP contribution in [0.1, 0.15) is 44.0 Å². The number of thiazole rings is 1. The predicted octanol–water partition coefficient (Wildman–Crippen LogP) is 4.92. The molecule has 2 aromatic rings. The summed E-state index contributed by atoms with van der Waals surface area (Å²) in [4.78, 5) is 9.14. The van der Waals surface area contributed by atoms with E-state index in [1.807, 2.05) is 6.92 Å². The van der Waals surface area contributed by atoms with E-state index in [0.29, 0.717) is 30.4 Å². The standard InChI is InChI=1S/C20H28F2N4O2S.HI/c1-6-23-19(25-11-17-26-16(12-29-17)20(2,3)4)24-10-13-9-14(27-5)7-8-15(13)28-18(21)22;/h7-9,12,18H,6,10-11H2,1-5H3,(H2,23,24,25);1H. The van der Waals surface area contributed by atoms with E-state index in [4.69, 9.17) is 4.74 Å². The Balaban J connectivity index is 0.00000450. The minimum atomic E-state index is -2.90. The van der Waals surface area contributed by atoms with Crippen molar-refractivity contribution in [1.82, 2.24) is 15.6 Å². The average molecular weight is 554 g/mol. The third-order valence-corrected chi connectivity index (χ3v) is 4.81. The van der Waals surface area contributed by atoms with Crippen molar-refractivity contribution in [1.29, 1.82) is 0 Å². The molecule has 1 aromatic heterocycles. The molecule has 0 unspecified atom stereocenters. The number of hydrogen-bond donors (Lipinski definition) is 2. The van der Waals surface area contributed by atoms with Crippen LogP contribution in [0, 0.1) is 0 Å². The first-order chi connectivity index (χ1) is 13.7. The smallest absolute Gasteiger partial charge is 0.387 e. The van der Waals surface area contributed by atoms with Crippen LogP contribution in [0.4, 0.5) is 8.78 Å². The second-order valence-corrected chi connectivity index (χ2v) is 8.22. The largest absolute Gasteiger partial charge is 0.497 e. The molecule has 0 radical (unpaired) electrons. The van der Waals surface area contributed by atoms with Gasteiger partial charge in [-0.25, -0.2) is 9.98 Å². The minimum absolute atomic E-state index is 0. The molecule has 6 nitrogen and oxygen atoms in total. The van der Waals surface area contributed by atoms with Crippen LogP contribution < -0.4 is 20.1 Å². The molecule has 10 heteroatoms. The summed E-state index contributed by atoms with van der Waals surface area (Å²) in [7, 11) is 1.52. The molecular formula is C20H29F2IN4O2S. The van der Waals surface area contributed by atoms with Crippen molar-refractivity contribution in [2.45, 2.75) is 52.8 Å². The topological polar surface area (TPSA) is 67.8 Å². The number of nitrogens with zero attached hydrogens (tertiary/aromatic N) is 2. The van der Waals surface area contributed by atoms with Crippen molar-refractivity contribution in [3.8, 4) is 11.5 Å². The summed E-state index contributed by atoms with van der Waals surface area (Å²) in [5.74, 6) is 1.19. The molecule has 0 fully saturated rings. The number of alkyl halides is 2. The SMILES string of the molecule is CCNC(=NCc1cc(OC)ccc1OC(F)F)NCc1nc(C(C)(C)C)cs1.I. The Hall–Kier alpha value is -1.69. The van der Waals surface area contributed by atoms with Crippen molar-refractivity contribution in [3.63, 3.8) is 0 Å². The highest BCUT2D eigenvalue weighted by Crippen LogP contribution is 2.26. The Kier molecular flexibility index (Phi) is 10.7. The number of rotatable bonds is 8. The molecule has 0 aliphatic rings. The van der Waals surface area contributed by atoms with Crippen LogP contribution in [0.3, 0.4) is 0 Å². The minimum Gasteiger partial charge on any atom is -0.497 e. The van der Waals surface area contributed by atoms with Crippen molar-refractivity contribution < 1.29 is 18.3 Å². The highest BCUT2D eigenvalue weighted by Gasteiger charge is 2.17. The lowest BCUT2D eigenvalue weighted by molar-refractivity contribution is -0.0504. The molecule has 0 saturated heterocycles. The van der Waals surface area contributed by atoms with Gasteiger partial charge in [0, 0.05) is 22.9 Å². The van der Waals surface area contributed by atoms with Gasteiger partial charge in [0.15, 0.2) is 5.96 Å². The zero-order chi connectivity index (χ0) is 21.4. The van der Waals surface area contributed by atoms with Gasteiger partial charge in [0.2, 0.25) is 0 Å². The maximum absolute atomic E-state index is 12.7. The summed E-state index contributed by atoms with van der Waals surface area (Å²) in [5.41, 5.74) is 1.55. The predicted molar refractivity (Wildman–Crippen MR) is 128 cm³/mol. The molecule has 0 aliphatic heterocycles. The van der Waals surface area contributed by atoms with Crippen LogP contribution in [0.2, 0.25) is 0 Å². The van der Waals surface area contributed by atoms with Gasteiger partial charge in [-0.2, -0.15) is 8.78 Å². The molecular weight excluding hydrogens is 525 g/mol. The van der Waals surface area contributed by atoms with E-state index in [1.54, 1.807) is 23.5 Å². The van der Waals surface area contributed by atoms with E-state index in [9.17, 15) is 8.78 Å². The molecule has 1 aromatic carbocycles. The highest BCUT2D eigenvalue weighted by atomic mass is 127. The van der Waals surface area contributed by atoms with Gasteiger partial charge in [-0.05, 0) is 25.1 Å². The number of aromatic nitrogens is 1. The maximum atomic E-state index is 12.7. The van der Waals surface area contributed by atoms with E-state index < -0.39 is 6.61 Å². The zero-order valence-corrected chi connectivity index (χ0v) is 20.9. The molecule has 2 rings (SSSR count). The van der Waals surface area contributed by atoms with Gasteiger partial charge in [-0.1, -0.05) is 20.8 Å². The molecule has 1 heterocycles. The van der Waals surface area contributed by atoms with Crippen molar-refractivity contribution in [2.75, 3.05) is 13.7 Å². The van der Waals surface area contributed by atoms with Crippen LogP contribution in [-0.2, 0) is 18.5 Å². The van der Waals surface area contributed by atoms with Gasteiger partial charge >= 0.3 is 6.61 Å². The van der Waals surface area contributed by atoms with Gasteiger partial charge in [0.25, 0.3) is 0 Å². The van der Waals surface area contributed by atoms with Gasteiger partial charge in [0.1, 0.15) is 16.5 Å². The number of ether oxygens (including phenoxy) is 2. The van der Waals surface area contributed by atoms with Crippen LogP contribution in [-0.4, -0.2) is 31.2 Å². The van der Waals surface area contributed by atoms with Gasteiger partial charge < -0.3 is 20.1 Å². The first-order valence-corrected chi connectivity index (χ1v) is 10.2. The van der Waals surface area contributed by atoms with Crippen LogP contribution in [0.25, 0.3) is 0 Å². The van der Waals surface area contributed by atoms with Gasteiger partial charge in [-0.3, -0.25) is 0 Å². The summed E-state index contributed by atoms with van der Waals surface area (Å²) in [6, 6.07) is 4.67. The molecule has 30 heavy (non-hydrogen) atoms. The molecule has 0 spiro atoms. The fraction of sp³-hybridized carbons (Fsp3) is 0.500. The van der Waals surface area contributed by atoms with Crippen LogP contribution >= 0.6 is 35.3 Å². The molecule has 0 amide bonds. The number of nitrogens with one attached hydrogen (secondary N) is 2. The quantitative estimate of drug-likeness (QED) is 0.276. The van der Waals surface area contributed by atoms with E-state index in [-0.39, 0.29) is 41.7 Å². The molecule has 2 N–H and O–H groups in total. The van der Waals surface area contributed by atoms with Gasteiger partial charge in [-0.15, -0.1) is 35.3 Å². The summed E-state index contributed by atoms with van der Waals surface area (Å²) < 4.78 is 35.1. The number of hydrogen-bond acceptors (Lipinski definition) is 5. The molecule has 0 bridgehead atoms. The summed E-state index contributed by atoms with van der Waals surface area (Å²) in [6.07, 6.45) is 0. The fourth-order valence-electron chi connectivity index (χ4n) is 2.42. The fourth-order valence-corrected chi connectivity index (χ4v) is 3.38. The second-order valence-electron chi connectivity index (χ2n) is 7.28. The van der Waals surface area contributed by atoms with E-state index in [2.05, 4.69) is 51.5 Å². The van der Waals surface area contributed by atoms with Crippen molar-refractivity contribution in [3.05, 3.63) is 39.8 Å². The lowest BCUT2D eigenvalue weighted by atomic mass is 9.93. The third-order valence-electron chi connectivity index (χ3n) is 3.96. The Morgan fingerprint density at radius 2 is 2.00 bits per heavy atom. The first kappa shape index (κ1) is 26.3. The third kappa shape index (κ3) is 8.21. The number of guanidine groups is 1. The monoisotopic (exact) mass is 554 g/mol. The normalized spacial score (nSPS) is 11.8. The van der Waals surface area contributed by atoms with E-state index in [1.165, 1.54) is 13.2 Å². The average Bonchev–Trinajstić information content (AvgIpc) is 3.14. The van der Waals surface area contributed by atoms with Gasteiger partial charge in [0.05, 0.1) is 25.9 Å². The molecule has 0 aliphatic carbocycles. The second kappa shape index (κ2) is 12.2. The molecule has 0 saturated carbocycles. The highest BCUT2D eigenvalue weighted by molar-refractivity contribution is 14.0. The summed E-state index contributed by atoms with van der Waals surface area (Å²) in [6.45, 7) is 6.75. The lowest BCUT2D eigenvalue weighted by Gasteiger charge is -2.14. The van der Waals surface area contributed by atoms with E-state index >= 15 is 0 Å². The van der Waals surface area contributed by atoms with Crippen LogP contribution in [0.15, 0.2) is 28.6 Å². The summed E-state index contributed by atoms with van der Waals surface area (Å²) in [5, 5.41) is 9.38. The Bertz CT molecular complexity index is 825. The maximum Gasteiger partial charge on any atom is 0.387 e. The lowest BCUT2D eigenvalue weighted by Crippen LogP contribution is -2.36. The van der Waals surface area contributed by atoms with Crippen molar-refractivity contribution >= 4 is 41.3 Å². The van der Waals surface area contributed by atoms with Crippen LogP contribution in [0.5, 0.6) is 11.5 Å². The number of methoxy groups -OCH3 is 1. The zero-order valence-electron chi connectivity index (χ0n) is 17.8. The van der Waals surface area contributed by atoms with E-state index in [0.717, 1.165) is 10.7 Å².